The van der Waals surface area contributed by atoms with E-state index in [1.807, 2.05) is 5.38 Å². The molecule has 0 aliphatic heterocycles. The highest BCUT2D eigenvalue weighted by Gasteiger charge is 2.26. The third-order valence-corrected chi connectivity index (χ3v) is 4.09. The number of benzene rings is 1. The molecule has 1 aromatic carbocycles. The zero-order valence-corrected chi connectivity index (χ0v) is 11.8. The molecule has 1 saturated carbocycles. The van der Waals surface area contributed by atoms with Crippen LogP contribution >= 0.6 is 11.3 Å². The average Bonchev–Trinajstić information content (AvgIpc) is 3.19. The topological polar surface area (TPSA) is 42.0 Å². The lowest BCUT2D eigenvalue weighted by molar-refractivity contribution is -0.116. The van der Waals surface area contributed by atoms with Crippen molar-refractivity contribution in [3.05, 3.63) is 46.7 Å². The summed E-state index contributed by atoms with van der Waals surface area (Å²) >= 11 is 1.48. The van der Waals surface area contributed by atoms with Gasteiger partial charge in [0.2, 0.25) is 5.91 Å². The molecule has 1 aromatic heterocycles. The zero-order valence-electron chi connectivity index (χ0n) is 10.9. The van der Waals surface area contributed by atoms with Crippen LogP contribution in [0.1, 0.15) is 36.4 Å². The first-order valence-corrected chi connectivity index (χ1v) is 7.58. The predicted octanol–water partition coefficient (Wildman–Crippen LogP) is 3.73. The van der Waals surface area contributed by atoms with Crippen LogP contribution in [0.5, 0.6) is 0 Å². The van der Waals surface area contributed by atoms with Crippen LogP contribution in [-0.4, -0.2) is 10.9 Å². The fourth-order valence-electron chi connectivity index (χ4n) is 2.00. The van der Waals surface area contributed by atoms with E-state index < -0.39 is 0 Å². The van der Waals surface area contributed by atoms with Crippen molar-refractivity contribution in [2.75, 3.05) is 5.32 Å². The van der Waals surface area contributed by atoms with Crippen molar-refractivity contribution >= 4 is 22.4 Å². The number of anilines is 1. The molecule has 3 nitrogen and oxygen atoms in total. The smallest absolute Gasteiger partial charge is 0.226 e. The first-order valence-electron chi connectivity index (χ1n) is 6.70. The van der Waals surface area contributed by atoms with E-state index in [-0.39, 0.29) is 11.7 Å². The molecule has 1 N–H and O–H groups in total. The molecular formula is C15H15FN2OS. The van der Waals surface area contributed by atoms with Crippen molar-refractivity contribution in [1.29, 1.82) is 0 Å². The number of hydrogen-bond donors (Lipinski definition) is 1. The summed E-state index contributed by atoms with van der Waals surface area (Å²) in [7, 11) is 0. The molecule has 0 spiro atoms. The van der Waals surface area contributed by atoms with Gasteiger partial charge in [0, 0.05) is 17.7 Å². The molecule has 0 unspecified atom stereocenters. The standard InChI is InChI=1S/C15H15FN2OS/c16-12-6-1-10(2-7-12)3-8-14(19)18-15-17-13(9-20-15)11-4-5-11/h1-2,6-7,9,11H,3-5,8H2,(H,17,18,19). The molecule has 1 heterocycles. The second-order valence-electron chi connectivity index (χ2n) is 5.03. The third-order valence-electron chi connectivity index (χ3n) is 3.32. The Morgan fingerprint density at radius 1 is 1.35 bits per heavy atom. The number of carbonyl (C=O) groups excluding carboxylic acids is 1. The number of aromatic nitrogens is 1. The lowest BCUT2D eigenvalue weighted by Gasteiger charge is -2.02. The fraction of sp³-hybridized carbons (Fsp3) is 0.333. The van der Waals surface area contributed by atoms with E-state index in [0.29, 0.717) is 23.9 Å². The van der Waals surface area contributed by atoms with Crippen molar-refractivity contribution in [1.82, 2.24) is 4.98 Å². The van der Waals surface area contributed by atoms with E-state index in [1.165, 1.54) is 36.3 Å². The Labute approximate surface area is 120 Å². The van der Waals surface area contributed by atoms with Crippen LogP contribution in [0, 0.1) is 5.82 Å². The van der Waals surface area contributed by atoms with Gasteiger partial charge in [-0.15, -0.1) is 11.3 Å². The molecule has 0 bridgehead atoms. The molecule has 1 fully saturated rings. The van der Waals surface area contributed by atoms with Gasteiger partial charge in [0.25, 0.3) is 0 Å². The van der Waals surface area contributed by atoms with Gasteiger partial charge in [0.05, 0.1) is 5.69 Å². The van der Waals surface area contributed by atoms with E-state index >= 15 is 0 Å². The number of nitrogens with one attached hydrogen (secondary N) is 1. The summed E-state index contributed by atoms with van der Waals surface area (Å²) in [5.41, 5.74) is 2.06. The van der Waals surface area contributed by atoms with Crippen molar-refractivity contribution < 1.29 is 9.18 Å². The highest BCUT2D eigenvalue weighted by atomic mass is 32.1. The first-order chi connectivity index (χ1) is 9.70. The molecule has 2 aromatic rings. The van der Waals surface area contributed by atoms with Crippen LogP contribution in [0.25, 0.3) is 0 Å². The summed E-state index contributed by atoms with van der Waals surface area (Å²) in [6.45, 7) is 0. The summed E-state index contributed by atoms with van der Waals surface area (Å²) in [4.78, 5) is 16.2. The summed E-state index contributed by atoms with van der Waals surface area (Å²) in [5.74, 6) is 0.302. The average molecular weight is 290 g/mol. The lowest BCUT2D eigenvalue weighted by atomic mass is 10.1. The fourth-order valence-corrected chi connectivity index (χ4v) is 2.81. The van der Waals surface area contributed by atoms with Gasteiger partial charge in [-0.3, -0.25) is 4.79 Å². The van der Waals surface area contributed by atoms with Gasteiger partial charge in [0.15, 0.2) is 5.13 Å². The van der Waals surface area contributed by atoms with Crippen LogP contribution in [0.15, 0.2) is 29.6 Å². The van der Waals surface area contributed by atoms with Crippen molar-refractivity contribution in [2.45, 2.75) is 31.6 Å². The lowest BCUT2D eigenvalue weighted by Crippen LogP contribution is -2.12. The van der Waals surface area contributed by atoms with Crippen LogP contribution in [0.4, 0.5) is 9.52 Å². The second kappa shape index (κ2) is 5.71. The molecule has 5 heteroatoms. The third kappa shape index (κ3) is 3.42. The monoisotopic (exact) mass is 290 g/mol. The molecule has 1 amide bonds. The number of halogens is 1. The van der Waals surface area contributed by atoms with Crippen LogP contribution in [-0.2, 0) is 11.2 Å². The van der Waals surface area contributed by atoms with Gasteiger partial charge in [-0.1, -0.05) is 12.1 Å². The minimum absolute atomic E-state index is 0.0500. The van der Waals surface area contributed by atoms with Gasteiger partial charge in [-0.2, -0.15) is 0 Å². The summed E-state index contributed by atoms with van der Waals surface area (Å²) in [6.07, 6.45) is 3.40. The molecule has 1 aliphatic rings. The van der Waals surface area contributed by atoms with Gasteiger partial charge in [-0.25, -0.2) is 9.37 Å². The van der Waals surface area contributed by atoms with E-state index in [9.17, 15) is 9.18 Å². The number of hydrogen-bond acceptors (Lipinski definition) is 3. The Hall–Kier alpha value is -1.75. The Morgan fingerprint density at radius 3 is 2.80 bits per heavy atom. The maximum absolute atomic E-state index is 12.8. The molecule has 20 heavy (non-hydrogen) atoms. The highest BCUT2D eigenvalue weighted by Crippen LogP contribution is 2.40. The van der Waals surface area contributed by atoms with Gasteiger partial charge >= 0.3 is 0 Å². The molecule has 0 saturated heterocycles. The Kier molecular flexibility index (Phi) is 3.78. The van der Waals surface area contributed by atoms with Crippen molar-refractivity contribution in [3.8, 4) is 0 Å². The molecule has 0 radical (unpaired) electrons. The van der Waals surface area contributed by atoms with E-state index in [0.717, 1.165) is 11.3 Å². The van der Waals surface area contributed by atoms with Crippen molar-refractivity contribution in [2.24, 2.45) is 0 Å². The Balaban J connectivity index is 1.49. The van der Waals surface area contributed by atoms with E-state index in [1.54, 1.807) is 12.1 Å². The van der Waals surface area contributed by atoms with Crippen LogP contribution in [0.2, 0.25) is 0 Å². The molecule has 1 aliphatic carbocycles. The minimum Gasteiger partial charge on any atom is -0.302 e. The summed E-state index contributed by atoms with van der Waals surface area (Å²) in [5, 5.41) is 5.52. The van der Waals surface area contributed by atoms with E-state index in [2.05, 4.69) is 10.3 Å². The van der Waals surface area contributed by atoms with E-state index in [4.69, 9.17) is 0 Å². The van der Waals surface area contributed by atoms with Gasteiger partial charge in [0.1, 0.15) is 5.82 Å². The number of aryl methyl sites for hydroxylation is 1. The molecule has 104 valence electrons. The Morgan fingerprint density at radius 2 is 2.10 bits per heavy atom. The summed E-state index contributed by atoms with van der Waals surface area (Å²) in [6, 6.07) is 6.24. The molecule has 0 atom stereocenters. The predicted molar refractivity (Wildman–Crippen MR) is 77.4 cm³/mol. The quantitative estimate of drug-likeness (QED) is 0.911. The number of rotatable bonds is 5. The Bertz CT molecular complexity index is 605. The zero-order chi connectivity index (χ0) is 13.9. The van der Waals surface area contributed by atoms with Crippen molar-refractivity contribution in [3.63, 3.8) is 0 Å². The molecule has 3 rings (SSSR count). The number of amides is 1. The summed E-state index contributed by atoms with van der Waals surface area (Å²) < 4.78 is 12.8. The highest BCUT2D eigenvalue weighted by molar-refractivity contribution is 7.13. The maximum atomic E-state index is 12.8. The number of carbonyl (C=O) groups is 1. The largest absolute Gasteiger partial charge is 0.302 e. The number of nitrogens with zero attached hydrogens (tertiary/aromatic N) is 1. The van der Waals surface area contributed by atoms with Gasteiger partial charge < -0.3 is 5.32 Å². The maximum Gasteiger partial charge on any atom is 0.226 e. The first kappa shape index (κ1) is 13.2. The van der Waals surface area contributed by atoms with Gasteiger partial charge in [-0.05, 0) is 37.0 Å². The SMILES string of the molecule is O=C(CCc1ccc(F)cc1)Nc1nc(C2CC2)cs1. The second-order valence-corrected chi connectivity index (χ2v) is 5.88. The van der Waals surface area contributed by atoms with Crippen LogP contribution in [0.3, 0.4) is 0 Å². The number of thiazole rings is 1. The normalized spacial score (nSPS) is 14.2. The van der Waals surface area contributed by atoms with Crippen LogP contribution < -0.4 is 5.32 Å². The minimum atomic E-state index is -0.256. The molecular weight excluding hydrogens is 275 g/mol.